The van der Waals surface area contributed by atoms with Crippen LogP contribution in [-0.2, 0) is 27.6 Å². The number of aromatic nitrogens is 1. The number of carbonyl (C=O) groups is 2. The molecule has 1 saturated heterocycles. The number of halogens is 3. The van der Waals surface area contributed by atoms with Crippen LogP contribution in [0.15, 0.2) is 54.7 Å². The first-order valence-corrected chi connectivity index (χ1v) is 14.2. The molecule has 11 heteroatoms. The zero-order valence-corrected chi connectivity index (χ0v) is 24.1. The first kappa shape index (κ1) is 28.4. The van der Waals surface area contributed by atoms with Crippen LogP contribution in [0.5, 0.6) is 0 Å². The number of thiophene rings is 1. The Hall–Kier alpha value is -3.08. The maximum absolute atomic E-state index is 14.9. The lowest BCUT2D eigenvalue weighted by Crippen LogP contribution is -2.53. The maximum atomic E-state index is 14.9. The number of esters is 1. The van der Waals surface area contributed by atoms with E-state index >= 15 is 0 Å². The summed E-state index contributed by atoms with van der Waals surface area (Å²) in [7, 11) is 4.13. The molecule has 2 aliphatic rings. The highest BCUT2D eigenvalue weighted by Crippen LogP contribution is 2.49. The van der Waals surface area contributed by atoms with Crippen LogP contribution in [-0.4, -0.2) is 48.1 Å². The fraction of sp³-hybridized carbons (Fsp3) is 0.414. The minimum atomic E-state index is -3.93. The summed E-state index contributed by atoms with van der Waals surface area (Å²) in [5, 5.41) is 3.17. The van der Waals surface area contributed by atoms with Gasteiger partial charge in [0, 0.05) is 4.88 Å². The summed E-state index contributed by atoms with van der Waals surface area (Å²) in [6.45, 7) is 1.76. The third-order valence-corrected chi connectivity index (χ3v) is 9.59. The van der Waals surface area contributed by atoms with Crippen molar-refractivity contribution in [2.24, 2.45) is 0 Å². The van der Waals surface area contributed by atoms with Crippen LogP contribution < -0.4 is 10.2 Å². The van der Waals surface area contributed by atoms with Gasteiger partial charge in [-0.05, 0) is 76.0 Å². The average Bonchev–Trinajstić information content (AvgIpc) is 3.51. The van der Waals surface area contributed by atoms with E-state index in [0.717, 1.165) is 36.1 Å². The molecule has 1 spiro atoms. The van der Waals surface area contributed by atoms with Crippen LogP contribution in [0.3, 0.4) is 0 Å². The zero-order chi connectivity index (χ0) is 28.7. The molecule has 2 aromatic heterocycles. The van der Waals surface area contributed by atoms with E-state index in [1.165, 1.54) is 11.1 Å². The lowest BCUT2D eigenvalue weighted by molar-refractivity contribution is -0.175. The van der Waals surface area contributed by atoms with Gasteiger partial charge in [0.2, 0.25) is 0 Å². The fourth-order valence-corrected chi connectivity index (χ4v) is 7.10. The summed E-state index contributed by atoms with van der Waals surface area (Å²) in [6, 6.07) is 13.5. The molecule has 2 fully saturated rings. The fourth-order valence-electron chi connectivity index (χ4n) is 5.73. The third-order valence-electron chi connectivity index (χ3n) is 8.16. The van der Waals surface area contributed by atoms with Crippen molar-refractivity contribution in [1.82, 2.24) is 15.2 Å². The number of rotatable bonds is 7. The maximum Gasteiger partial charge on any atom is 0.384 e. The molecule has 1 aromatic carbocycles. The van der Waals surface area contributed by atoms with Crippen molar-refractivity contribution in [3.05, 3.63) is 80.8 Å². The molecule has 1 N–H and O–H groups in total. The molecule has 2 amide bonds. The van der Waals surface area contributed by atoms with Gasteiger partial charge in [-0.1, -0.05) is 41.9 Å². The van der Waals surface area contributed by atoms with Gasteiger partial charge in [0.05, 0.1) is 33.8 Å². The summed E-state index contributed by atoms with van der Waals surface area (Å²) < 4.78 is 35.5. The Labute approximate surface area is 241 Å². The number of ether oxygens (including phenoxy) is 1. The minimum absolute atomic E-state index is 0.166. The van der Waals surface area contributed by atoms with Gasteiger partial charge in [-0.2, -0.15) is 8.78 Å². The monoisotopic (exact) mass is 588 g/mol. The van der Waals surface area contributed by atoms with E-state index in [2.05, 4.69) is 35.4 Å². The topological polar surface area (TPSA) is 74.8 Å². The Kier molecular flexibility index (Phi) is 7.62. The van der Waals surface area contributed by atoms with Crippen LogP contribution in [0.25, 0.3) is 0 Å². The highest BCUT2D eigenvalue weighted by molar-refractivity contribution is 7.16. The molecule has 0 atom stereocenters. The van der Waals surface area contributed by atoms with Gasteiger partial charge in [-0.3, -0.25) is 14.8 Å². The number of aryl methyl sites for hydroxylation is 1. The average molecular weight is 589 g/mol. The number of urea groups is 1. The summed E-state index contributed by atoms with van der Waals surface area (Å²) in [4.78, 5) is 34.3. The summed E-state index contributed by atoms with van der Waals surface area (Å²) in [5.41, 5.74) is 0.129. The van der Waals surface area contributed by atoms with Crippen molar-refractivity contribution in [1.29, 1.82) is 0 Å². The summed E-state index contributed by atoms with van der Waals surface area (Å²) >= 11 is 7.83. The van der Waals surface area contributed by atoms with Crippen LogP contribution in [0, 0.1) is 6.92 Å². The molecule has 3 heterocycles. The Balaban J connectivity index is 1.29. The standard InChI is InChI=1S/C29H31ClF2N4O3S/c1-19-15-22(29(31,32)25(37)39-17-20-7-5-4-6-8-20)33-16-21(19)36-18-27(34-26(36)38)11-13-28(14-12-27,35(2)3)23-9-10-24(30)40-23/h4-10,15-16H,11-14,17-18H2,1-3H3,(H,34,38)/t27-,28+. The molecule has 0 radical (unpaired) electrons. The quantitative estimate of drug-likeness (QED) is 0.331. The molecule has 7 nitrogen and oxygen atoms in total. The Morgan fingerprint density at radius 2 is 1.88 bits per heavy atom. The van der Waals surface area contributed by atoms with E-state index in [1.807, 2.05) is 6.07 Å². The van der Waals surface area contributed by atoms with Crippen molar-refractivity contribution in [3.8, 4) is 0 Å². The number of hydrogen-bond acceptors (Lipinski definition) is 6. The van der Waals surface area contributed by atoms with Gasteiger partial charge >= 0.3 is 17.9 Å². The highest BCUT2D eigenvalue weighted by Gasteiger charge is 2.51. The molecule has 5 rings (SSSR count). The second kappa shape index (κ2) is 10.7. The van der Waals surface area contributed by atoms with E-state index in [4.69, 9.17) is 16.3 Å². The normalized spacial score (nSPS) is 23.1. The Bertz CT molecular complexity index is 1410. The Morgan fingerprint density at radius 1 is 1.18 bits per heavy atom. The number of benzene rings is 1. The molecule has 1 aliphatic heterocycles. The van der Waals surface area contributed by atoms with Crippen LogP contribution >= 0.6 is 22.9 Å². The van der Waals surface area contributed by atoms with Gasteiger partial charge in [0.25, 0.3) is 0 Å². The van der Waals surface area contributed by atoms with Crippen molar-refractivity contribution < 1.29 is 23.1 Å². The van der Waals surface area contributed by atoms with Crippen molar-refractivity contribution in [3.63, 3.8) is 0 Å². The number of anilines is 1. The van der Waals surface area contributed by atoms with Crippen LogP contribution in [0.4, 0.5) is 19.3 Å². The summed E-state index contributed by atoms with van der Waals surface area (Å²) in [6.07, 6.45) is 4.40. The SMILES string of the molecule is Cc1cc(C(F)(F)C(=O)OCc2ccccc2)ncc1N1C[C@]2(CC[C@](c3ccc(Cl)s3)(N(C)C)CC2)NC1=O. The predicted molar refractivity (Wildman–Crippen MR) is 151 cm³/mol. The van der Waals surface area contributed by atoms with E-state index < -0.39 is 23.1 Å². The zero-order valence-electron chi connectivity index (χ0n) is 22.5. The van der Waals surface area contributed by atoms with Crippen LogP contribution in [0.1, 0.15) is 47.4 Å². The molecule has 1 saturated carbocycles. The van der Waals surface area contributed by atoms with E-state index in [-0.39, 0.29) is 18.2 Å². The first-order valence-electron chi connectivity index (χ1n) is 13.0. The lowest BCUT2D eigenvalue weighted by atomic mass is 9.71. The molecule has 0 bridgehead atoms. The molecule has 1 aliphatic carbocycles. The van der Waals surface area contributed by atoms with E-state index in [9.17, 15) is 18.4 Å². The van der Waals surface area contributed by atoms with Gasteiger partial charge in [-0.15, -0.1) is 11.3 Å². The number of pyridine rings is 1. The number of carbonyl (C=O) groups excluding carboxylic acids is 2. The number of alkyl halides is 2. The van der Waals surface area contributed by atoms with Gasteiger partial charge in [0.15, 0.2) is 0 Å². The number of nitrogens with zero attached hydrogens (tertiary/aromatic N) is 3. The number of hydrogen-bond donors (Lipinski definition) is 1. The van der Waals surface area contributed by atoms with Crippen molar-refractivity contribution in [2.45, 2.75) is 56.2 Å². The molecular formula is C29H31ClF2N4O3S. The lowest BCUT2D eigenvalue weighted by Gasteiger charge is -2.47. The minimum Gasteiger partial charge on any atom is -0.456 e. The van der Waals surface area contributed by atoms with Gasteiger partial charge in [0.1, 0.15) is 12.3 Å². The van der Waals surface area contributed by atoms with Gasteiger partial charge in [-0.25, -0.2) is 9.59 Å². The van der Waals surface area contributed by atoms with Crippen LogP contribution in [0.2, 0.25) is 4.34 Å². The predicted octanol–water partition coefficient (Wildman–Crippen LogP) is 6.24. The third kappa shape index (κ3) is 5.20. The highest BCUT2D eigenvalue weighted by atomic mass is 35.5. The summed E-state index contributed by atoms with van der Waals surface area (Å²) in [5.74, 6) is -5.61. The molecular weight excluding hydrogens is 558 g/mol. The largest absolute Gasteiger partial charge is 0.456 e. The van der Waals surface area contributed by atoms with E-state index in [1.54, 1.807) is 53.5 Å². The molecule has 0 unspecified atom stereocenters. The first-order chi connectivity index (χ1) is 19.0. The number of nitrogens with one attached hydrogen (secondary N) is 1. The van der Waals surface area contributed by atoms with E-state index in [0.29, 0.717) is 23.4 Å². The number of amides is 2. The smallest absolute Gasteiger partial charge is 0.384 e. The van der Waals surface area contributed by atoms with Gasteiger partial charge < -0.3 is 10.1 Å². The Morgan fingerprint density at radius 3 is 2.48 bits per heavy atom. The second-order valence-electron chi connectivity index (χ2n) is 10.8. The van der Waals surface area contributed by atoms with Crippen molar-refractivity contribution >= 4 is 40.6 Å². The molecule has 212 valence electrons. The molecule has 3 aromatic rings. The second-order valence-corrected chi connectivity index (χ2v) is 12.5. The molecule has 40 heavy (non-hydrogen) atoms. The van der Waals surface area contributed by atoms with Crippen molar-refractivity contribution in [2.75, 3.05) is 25.5 Å².